The van der Waals surface area contributed by atoms with Gasteiger partial charge in [0.25, 0.3) is 0 Å². The number of hydrogen-bond acceptors (Lipinski definition) is 7. The molecule has 1 saturated heterocycles. The van der Waals surface area contributed by atoms with Crippen molar-refractivity contribution in [1.29, 1.82) is 0 Å². The number of carboxylic acid groups (broad SMARTS) is 1. The molecule has 1 fully saturated rings. The minimum atomic E-state index is -1.07. The van der Waals surface area contributed by atoms with Gasteiger partial charge in [-0.3, -0.25) is 9.69 Å². The van der Waals surface area contributed by atoms with Crippen molar-refractivity contribution in [1.82, 2.24) is 14.8 Å². The second-order valence-electron chi connectivity index (χ2n) is 10.0. The Hall–Kier alpha value is -4.67. The van der Waals surface area contributed by atoms with Crippen LogP contribution in [-0.4, -0.2) is 89.4 Å². The molecular weight excluding hydrogens is 508 g/mol. The van der Waals surface area contributed by atoms with E-state index in [1.165, 1.54) is 12.1 Å². The smallest absolute Gasteiger partial charge is 0.335 e. The Morgan fingerprint density at radius 1 is 0.975 bits per heavy atom. The van der Waals surface area contributed by atoms with Gasteiger partial charge in [0.15, 0.2) is 5.88 Å². The van der Waals surface area contributed by atoms with Crippen molar-refractivity contribution in [2.75, 3.05) is 57.5 Å². The fourth-order valence-corrected chi connectivity index (χ4v) is 4.78. The fraction of sp³-hybridized carbons (Fsp3) is 0.233. The van der Waals surface area contributed by atoms with Gasteiger partial charge in [0.2, 0.25) is 5.91 Å². The molecule has 1 aliphatic rings. The summed E-state index contributed by atoms with van der Waals surface area (Å²) in [7, 11) is 3.85. The topological polar surface area (TPSA) is 138 Å². The molecule has 1 aromatic heterocycles. The molecule has 4 aromatic rings. The molecule has 0 saturated carbocycles. The van der Waals surface area contributed by atoms with Crippen LogP contribution in [0.15, 0.2) is 71.7 Å². The van der Waals surface area contributed by atoms with Gasteiger partial charge in [0, 0.05) is 61.1 Å². The number of carboxylic acids is 1. The number of nitrogens with zero attached hydrogens (tertiary/aromatic N) is 4. The van der Waals surface area contributed by atoms with Crippen LogP contribution in [-0.2, 0) is 4.79 Å². The van der Waals surface area contributed by atoms with Crippen molar-refractivity contribution < 1.29 is 19.8 Å². The maximum absolute atomic E-state index is 12.9. The zero-order chi connectivity index (χ0) is 28.4. The number of piperazine rings is 1. The third-order valence-corrected chi connectivity index (χ3v) is 7.25. The Labute approximate surface area is 232 Å². The van der Waals surface area contributed by atoms with Crippen LogP contribution in [0.1, 0.15) is 21.5 Å². The van der Waals surface area contributed by atoms with Gasteiger partial charge in [-0.1, -0.05) is 12.1 Å². The Morgan fingerprint density at radius 2 is 1.62 bits per heavy atom. The van der Waals surface area contributed by atoms with Crippen molar-refractivity contribution >= 4 is 45.6 Å². The first-order valence-electron chi connectivity index (χ1n) is 13.0. The second kappa shape index (κ2) is 11.2. The van der Waals surface area contributed by atoms with Crippen LogP contribution in [0, 0.1) is 0 Å². The average molecular weight is 541 g/mol. The van der Waals surface area contributed by atoms with E-state index < -0.39 is 5.97 Å². The number of aliphatic imine (C=N–C) groups is 1. The number of fused-ring (bicyclic) bond motifs is 1. The molecule has 2 heterocycles. The lowest BCUT2D eigenvalue weighted by molar-refractivity contribution is -0.119. The summed E-state index contributed by atoms with van der Waals surface area (Å²) in [6.07, 6.45) is 0. The summed E-state index contributed by atoms with van der Waals surface area (Å²) in [6, 6.07) is 19.0. The van der Waals surface area contributed by atoms with Gasteiger partial charge in [-0.2, -0.15) is 0 Å². The highest BCUT2D eigenvalue weighted by molar-refractivity contribution is 6.22. The minimum Gasteiger partial charge on any atom is -0.494 e. The number of likely N-dealkylation sites (N-methyl/N-ethyl adjacent to an activating group) is 2. The zero-order valence-corrected chi connectivity index (χ0v) is 22.5. The summed E-state index contributed by atoms with van der Waals surface area (Å²) >= 11 is 0. The van der Waals surface area contributed by atoms with Crippen molar-refractivity contribution in [3.63, 3.8) is 0 Å². The molecule has 10 heteroatoms. The number of rotatable bonds is 7. The molecule has 10 nitrogen and oxygen atoms in total. The first-order valence-corrected chi connectivity index (χ1v) is 13.0. The summed E-state index contributed by atoms with van der Waals surface area (Å²) in [6.45, 7) is 4.00. The quantitative estimate of drug-likeness (QED) is 0.208. The first-order chi connectivity index (χ1) is 19.2. The van der Waals surface area contributed by atoms with Crippen molar-refractivity contribution in [3.8, 4) is 5.88 Å². The van der Waals surface area contributed by atoms with Gasteiger partial charge in [0.05, 0.1) is 29.1 Å². The SMILES string of the molecule is CN1CCN(CC(=O)N(C)c2ccc(N=C(c3ccc(N)cc3)c3c(O)[nH]c4ccc(C(=O)O)cc34)cc2)CC1. The zero-order valence-electron chi connectivity index (χ0n) is 22.5. The first kappa shape index (κ1) is 26.9. The third kappa shape index (κ3) is 5.68. The predicted molar refractivity (Wildman–Crippen MR) is 157 cm³/mol. The third-order valence-electron chi connectivity index (χ3n) is 7.25. The van der Waals surface area contributed by atoms with Gasteiger partial charge in [-0.15, -0.1) is 0 Å². The van der Waals surface area contributed by atoms with Crippen LogP contribution in [0.5, 0.6) is 5.88 Å². The normalized spacial score (nSPS) is 14.9. The van der Waals surface area contributed by atoms with Crippen LogP contribution >= 0.6 is 0 Å². The van der Waals surface area contributed by atoms with Crippen LogP contribution < -0.4 is 10.6 Å². The highest BCUT2D eigenvalue weighted by atomic mass is 16.4. The Bertz CT molecular complexity index is 1570. The van der Waals surface area contributed by atoms with E-state index in [-0.39, 0.29) is 17.4 Å². The summed E-state index contributed by atoms with van der Waals surface area (Å²) in [5.74, 6) is -1.18. The van der Waals surface area contributed by atoms with Crippen LogP contribution in [0.3, 0.4) is 0 Å². The Morgan fingerprint density at radius 3 is 2.27 bits per heavy atom. The van der Waals surface area contributed by atoms with Crippen molar-refractivity contribution in [3.05, 3.63) is 83.4 Å². The maximum atomic E-state index is 12.9. The van der Waals surface area contributed by atoms with E-state index in [4.69, 9.17) is 10.7 Å². The van der Waals surface area contributed by atoms with Gasteiger partial charge in [-0.25, -0.2) is 9.79 Å². The largest absolute Gasteiger partial charge is 0.494 e. The number of nitrogen functional groups attached to an aromatic ring is 1. The standard InChI is InChI=1S/C30H32N6O4/c1-34-13-15-36(16-14-34)18-26(37)35(2)23-10-8-22(9-11-23)32-28(19-3-6-21(31)7-4-19)27-24-17-20(30(39)40)5-12-25(24)33-29(27)38/h3-12,17,33,38H,13-16,18,31H2,1-2H3,(H,39,40). The number of nitrogens with two attached hydrogens (primary N) is 1. The molecule has 5 rings (SSSR count). The number of aromatic hydroxyl groups is 1. The number of aromatic amines is 1. The van der Waals surface area contributed by atoms with Gasteiger partial charge in [-0.05, 0) is 61.6 Å². The molecule has 0 aliphatic carbocycles. The molecule has 3 aromatic carbocycles. The number of carbonyl (C=O) groups excluding carboxylic acids is 1. The van der Waals surface area contributed by atoms with Crippen LogP contribution in [0.2, 0.25) is 0 Å². The van der Waals surface area contributed by atoms with E-state index in [9.17, 15) is 19.8 Å². The number of hydrogen-bond donors (Lipinski definition) is 4. The van der Waals surface area contributed by atoms with E-state index in [2.05, 4.69) is 21.8 Å². The van der Waals surface area contributed by atoms with Crippen LogP contribution in [0.25, 0.3) is 10.9 Å². The van der Waals surface area contributed by atoms with E-state index >= 15 is 0 Å². The maximum Gasteiger partial charge on any atom is 0.335 e. The number of nitrogens with one attached hydrogen (secondary N) is 1. The molecule has 0 atom stereocenters. The molecule has 1 amide bonds. The van der Waals surface area contributed by atoms with E-state index in [1.54, 1.807) is 54.4 Å². The molecule has 0 spiro atoms. The predicted octanol–water partition coefficient (Wildman–Crippen LogP) is 3.53. The average Bonchev–Trinajstić information content (AvgIpc) is 3.28. The lowest BCUT2D eigenvalue weighted by Crippen LogP contribution is -2.48. The van der Waals surface area contributed by atoms with E-state index in [0.29, 0.717) is 45.7 Å². The monoisotopic (exact) mass is 540 g/mol. The van der Waals surface area contributed by atoms with Gasteiger partial charge in [0.1, 0.15) is 0 Å². The minimum absolute atomic E-state index is 0.0151. The molecule has 0 bridgehead atoms. The summed E-state index contributed by atoms with van der Waals surface area (Å²) in [5, 5.41) is 20.9. The molecule has 206 valence electrons. The number of anilines is 2. The highest BCUT2D eigenvalue weighted by Crippen LogP contribution is 2.33. The van der Waals surface area contributed by atoms with Crippen molar-refractivity contribution in [2.45, 2.75) is 0 Å². The number of amides is 1. The lowest BCUT2D eigenvalue weighted by atomic mass is 9.99. The molecule has 0 radical (unpaired) electrons. The number of H-pyrrole nitrogens is 1. The lowest BCUT2D eigenvalue weighted by Gasteiger charge is -2.32. The Kier molecular flexibility index (Phi) is 7.54. The molecule has 1 aliphatic heterocycles. The van der Waals surface area contributed by atoms with E-state index in [0.717, 1.165) is 31.9 Å². The summed E-state index contributed by atoms with van der Waals surface area (Å²) in [4.78, 5) is 38.4. The summed E-state index contributed by atoms with van der Waals surface area (Å²) < 4.78 is 0. The fourth-order valence-electron chi connectivity index (χ4n) is 4.78. The number of aromatic nitrogens is 1. The van der Waals surface area contributed by atoms with Gasteiger partial charge < -0.3 is 30.7 Å². The van der Waals surface area contributed by atoms with Crippen molar-refractivity contribution in [2.24, 2.45) is 4.99 Å². The number of benzene rings is 3. The molecular formula is C30H32N6O4. The number of aromatic carboxylic acids is 1. The summed E-state index contributed by atoms with van der Waals surface area (Å²) in [5.41, 5.74) is 10.0. The molecule has 40 heavy (non-hydrogen) atoms. The molecule has 0 unspecified atom stereocenters. The van der Waals surface area contributed by atoms with E-state index in [1.807, 2.05) is 12.1 Å². The highest BCUT2D eigenvalue weighted by Gasteiger charge is 2.21. The van der Waals surface area contributed by atoms with Gasteiger partial charge >= 0.3 is 5.97 Å². The molecule has 5 N–H and O–H groups in total. The Balaban J connectivity index is 1.47. The van der Waals surface area contributed by atoms with Crippen LogP contribution in [0.4, 0.5) is 17.1 Å². The second-order valence-corrected chi connectivity index (χ2v) is 10.0. The number of carbonyl (C=O) groups is 2.